The quantitative estimate of drug-likeness (QED) is 0.314. The summed E-state index contributed by atoms with van der Waals surface area (Å²) in [6, 6.07) is 10.2. The van der Waals surface area contributed by atoms with Crippen LogP contribution in [0.2, 0.25) is 0 Å². The number of benzene rings is 1. The van der Waals surface area contributed by atoms with E-state index in [0.29, 0.717) is 17.6 Å². The molecule has 0 atom stereocenters. The van der Waals surface area contributed by atoms with Crippen molar-refractivity contribution in [2.45, 2.75) is 12.8 Å². The molecule has 2 aromatic heterocycles. The minimum atomic E-state index is -2.69. The van der Waals surface area contributed by atoms with Crippen LogP contribution in [0.25, 0.3) is 11.3 Å². The molecule has 1 aliphatic heterocycles. The van der Waals surface area contributed by atoms with Crippen LogP contribution in [0.3, 0.4) is 0 Å². The van der Waals surface area contributed by atoms with Crippen molar-refractivity contribution in [2.24, 2.45) is 5.92 Å². The second-order valence-electron chi connectivity index (χ2n) is 8.14. The van der Waals surface area contributed by atoms with E-state index in [-0.39, 0.29) is 7.34 Å². The summed E-state index contributed by atoms with van der Waals surface area (Å²) in [4.78, 5) is 8.72. The molecule has 1 aliphatic carbocycles. The summed E-state index contributed by atoms with van der Waals surface area (Å²) in [7, 11) is 0. The lowest BCUT2D eigenvalue weighted by atomic mass is 9.91. The maximum absolute atomic E-state index is 11.3. The average molecular weight is 463 g/mol. The molecule has 3 N–H and O–H groups in total. The van der Waals surface area contributed by atoms with Gasteiger partial charge in [0.2, 0.25) is 0 Å². The molecule has 176 valence electrons. The van der Waals surface area contributed by atoms with E-state index >= 15 is 0 Å². The molecular formula is C26H28F2N6. The predicted octanol–water partition coefficient (Wildman–Crippen LogP) is 5.62. The Morgan fingerprint density at radius 2 is 1.97 bits per heavy atom. The van der Waals surface area contributed by atoms with Crippen molar-refractivity contribution in [2.75, 3.05) is 18.4 Å². The molecule has 34 heavy (non-hydrogen) atoms. The number of nitrogens with zero attached hydrogens (tertiary/aromatic N) is 3. The molecule has 5 rings (SSSR count). The van der Waals surface area contributed by atoms with Gasteiger partial charge in [0.15, 0.2) is 0 Å². The van der Waals surface area contributed by atoms with E-state index in [1.165, 1.54) is 11.1 Å². The van der Waals surface area contributed by atoms with E-state index < -0.39 is 5.92 Å². The third-order valence-corrected chi connectivity index (χ3v) is 5.56. The highest BCUT2D eigenvalue weighted by Crippen LogP contribution is 2.29. The van der Waals surface area contributed by atoms with Gasteiger partial charge in [0, 0.05) is 51.6 Å². The second kappa shape index (κ2) is 9.93. The van der Waals surface area contributed by atoms with Crippen molar-refractivity contribution < 1.29 is 10.2 Å². The summed E-state index contributed by atoms with van der Waals surface area (Å²) in [6.45, 7) is 5.33. The van der Waals surface area contributed by atoms with E-state index in [0.717, 1.165) is 37.0 Å². The summed E-state index contributed by atoms with van der Waals surface area (Å²) in [5.74, 6) is -1.80. The third-order valence-electron chi connectivity index (χ3n) is 5.56. The molecule has 0 unspecified atom stereocenters. The lowest BCUT2D eigenvalue weighted by Crippen LogP contribution is -2.46. The van der Waals surface area contributed by atoms with Crippen LogP contribution in [0.5, 0.6) is 0 Å². The number of allylic oxidation sites excluding steroid dienone is 5. The fourth-order valence-electron chi connectivity index (χ4n) is 3.39. The largest absolute Gasteiger partial charge is 0.340 e. The molecule has 3 aromatic rings. The first-order chi connectivity index (χ1) is 16.4. The Balaban J connectivity index is 0.000000439. The van der Waals surface area contributed by atoms with Gasteiger partial charge in [0.1, 0.15) is 5.82 Å². The molecule has 0 bridgehead atoms. The number of alkyl halides is 2. The minimum Gasteiger partial charge on any atom is -0.340 e. The molecule has 0 saturated carbocycles. The average Bonchev–Trinajstić information content (AvgIpc) is 3.27. The van der Waals surface area contributed by atoms with Crippen LogP contribution in [0, 0.1) is 11.3 Å². The Bertz CT molecular complexity index is 1220. The lowest BCUT2D eigenvalue weighted by molar-refractivity contribution is 0.0779. The van der Waals surface area contributed by atoms with Gasteiger partial charge in [-0.2, -0.15) is 0 Å². The zero-order valence-corrected chi connectivity index (χ0v) is 18.8. The Labute approximate surface area is 198 Å². The summed E-state index contributed by atoms with van der Waals surface area (Å²) in [5.41, 5.74) is 5.71. The molecule has 2 aliphatic rings. The first-order valence-corrected chi connectivity index (χ1v) is 10.9. The van der Waals surface area contributed by atoms with E-state index in [9.17, 15) is 8.78 Å². The molecule has 1 saturated heterocycles. The third kappa shape index (κ3) is 5.35. The highest BCUT2D eigenvalue weighted by Gasteiger charge is 2.27. The Hall–Kier alpha value is -3.91. The normalized spacial score (nSPS) is 14.7. The highest BCUT2D eigenvalue weighted by molar-refractivity contribution is 6.08. The zero-order valence-electron chi connectivity index (χ0n) is 18.8. The Morgan fingerprint density at radius 3 is 2.47 bits per heavy atom. The van der Waals surface area contributed by atoms with Gasteiger partial charge in [-0.25, -0.2) is 18.7 Å². The Kier molecular flexibility index (Phi) is 6.79. The molecule has 1 aromatic carbocycles. The number of hydrogen-bond donors (Lipinski definition) is 3. The molecule has 1 fully saturated rings. The molecular weight excluding hydrogens is 434 g/mol. The van der Waals surface area contributed by atoms with Gasteiger partial charge in [-0.1, -0.05) is 36.9 Å². The van der Waals surface area contributed by atoms with Crippen molar-refractivity contribution in [3.63, 3.8) is 0 Å². The number of anilines is 2. The van der Waals surface area contributed by atoms with Crippen molar-refractivity contribution in [3.05, 3.63) is 97.3 Å². The van der Waals surface area contributed by atoms with Crippen LogP contribution in [0.4, 0.5) is 20.3 Å². The topological polar surface area (TPSA) is 78.6 Å². The number of halogens is 2. The number of aromatic nitrogens is 3. The number of nitrogens with one attached hydrogen (secondary N) is 3. The van der Waals surface area contributed by atoms with Gasteiger partial charge >= 0.3 is 0 Å². The van der Waals surface area contributed by atoms with Crippen LogP contribution < -0.4 is 10.6 Å². The maximum Gasteiger partial charge on any atom is 0.263 e. The SMILES string of the molecule is C=CC(C)(F)F.N=C(c1c(-n2ccnc2)ccnc1Nc1ccc(C2=CC=C2)cc1)C1CNC1.[HH]. The zero-order chi connectivity index (χ0) is 24.1. The lowest BCUT2D eigenvalue weighted by Gasteiger charge is -2.29. The number of imidazole rings is 1. The maximum atomic E-state index is 11.3. The first kappa shape index (κ1) is 23.3. The second-order valence-corrected chi connectivity index (χ2v) is 8.14. The molecule has 3 heterocycles. The molecule has 0 amide bonds. The van der Waals surface area contributed by atoms with Crippen LogP contribution in [-0.2, 0) is 0 Å². The summed E-state index contributed by atoms with van der Waals surface area (Å²) in [5, 5.41) is 15.5. The minimum absolute atomic E-state index is 0. The number of hydrogen-bond acceptors (Lipinski definition) is 5. The molecule has 0 spiro atoms. The van der Waals surface area contributed by atoms with Crippen LogP contribution in [0.15, 0.2) is 86.1 Å². The van der Waals surface area contributed by atoms with Gasteiger partial charge in [-0.3, -0.25) is 0 Å². The number of pyridine rings is 1. The predicted molar refractivity (Wildman–Crippen MR) is 134 cm³/mol. The fraction of sp³-hybridized carbons (Fsp3) is 0.192. The summed E-state index contributed by atoms with van der Waals surface area (Å²) in [6.07, 6.45) is 14.0. The van der Waals surface area contributed by atoms with Crippen LogP contribution >= 0.6 is 0 Å². The summed E-state index contributed by atoms with van der Waals surface area (Å²) >= 11 is 0. The molecule has 6 nitrogen and oxygen atoms in total. The van der Waals surface area contributed by atoms with Crippen molar-refractivity contribution in [3.8, 4) is 5.69 Å². The monoisotopic (exact) mass is 462 g/mol. The Morgan fingerprint density at radius 1 is 1.26 bits per heavy atom. The van der Waals surface area contributed by atoms with E-state index in [1.54, 1.807) is 18.7 Å². The first-order valence-electron chi connectivity index (χ1n) is 10.9. The van der Waals surface area contributed by atoms with E-state index in [4.69, 9.17) is 5.41 Å². The van der Waals surface area contributed by atoms with Crippen LogP contribution in [-0.4, -0.2) is 39.3 Å². The van der Waals surface area contributed by atoms with Gasteiger partial charge in [-0.05, 0) is 35.4 Å². The molecule has 8 heteroatoms. The highest BCUT2D eigenvalue weighted by atomic mass is 19.3. The van der Waals surface area contributed by atoms with Crippen molar-refractivity contribution >= 4 is 22.8 Å². The van der Waals surface area contributed by atoms with E-state index in [1.807, 2.05) is 35.0 Å². The van der Waals surface area contributed by atoms with E-state index in [2.05, 4.69) is 51.5 Å². The van der Waals surface area contributed by atoms with Gasteiger partial charge in [0.05, 0.1) is 23.3 Å². The van der Waals surface area contributed by atoms with Gasteiger partial charge in [-0.15, -0.1) is 0 Å². The van der Waals surface area contributed by atoms with Crippen molar-refractivity contribution in [1.29, 1.82) is 5.41 Å². The number of rotatable bonds is 7. The fourth-order valence-corrected chi connectivity index (χ4v) is 3.39. The molecule has 0 radical (unpaired) electrons. The van der Waals surface area contributed by atoms with Crippen LogP contribution in [0.1, 0.15) is 19.5 Å². The standard InChI is InChI=1S/C22H20N6.C4H6F2.H2/c23-21(17-12-25-13-17)20-19(28-11-10-24-14-28)8-9-26-22(20)27-18-6-4-16(5-7-18)15-2-1-3-15;1-3-4(2,5)6;/h1-11,14,17,23,25H,12-13H2,(H,26,27);3H,1H2,2H3;1H. The van der Waals surface area contributed by atoms with Gasteiger partial charge in [0.25, 0.3) is 5.92 Å². The smallest absolute Gasteiger partial charge is 0.263 e. The van der Waals surface area contributed by atoms with Gasteiger partial charge < -0.3 is 20.6 Å². The summed E-state index contributed by atoms with van der Waals surface area (Å²) < 4.78 is 24.6. The van der Waals surface area contributed by atoms with Crippen molar-refractivity contribution in [1.82, 2.24) is 19.9 Å².